The summed E-state index contributed by atoms with van der Waals surface area (Å²) < 4.78 is 6.86. The highest BCUT2D eigenvalue weighted by Gasteiger charge is 2.18. The van der Waals surface area contributed by atoms with Crippen molar-refractivity contribution in [2.24, 2.45) is 0 Å². The third-order valence-corrected chi connectivity index (χ3v) is 3.60. The lowest BCUT2D eigenvalue weighted by atomic mass is 10.2. The number of carboxylic acids is 1. The van der Waals surface area contributed by atoms with E-state index in [4.69, 9.17) is 9.84 Å². The molecule has 0 fully saturated rings. The minimum absolute atomic E-state index is 0.0696. The second-order valence-corrected chi connectivity index (χ2v) is 5.51. The molecule has 0 aliphatic rings. The molecular formula is C13H16N4O3S. The van der Waals surface area contributed by atoms with Crippen LogP contribution >= 0.6 is 11.8 Å². The smallest absolute Gasteiger partial charge is 0.313 e. The van der Waals surface area contributed by atoms with Crippen molar-refractivity contribution in [3.8, 4) is 11.6 Å². The van der Waals surface area contributed by atoms with Crippen LogP contribution in [0.1, 0.15) is 25.6 Å². The molecule has 0 aliphatic carbocycles. The Labute approximate surface area is 126 Å². The van der Waals surface area contributed by atoms with E-state index in [1.165, 1.54) is 0 Å². The number of nitrogens with zero attached hydrogens (tertiary/aromatic N) is 4. The number of pyridine rings is 1. The van der Waals surface area contributed by atoms with E-state index in [0.717, 1.165) is 23.3 Å². The first-order valence-electron chi connectivity index (χ1n) is 6.33. The fourth-order valence-electron chi connectivity index (χ4n) is 1.74. The zero-order valence-electron chi connectivity index (χ0n) is 12.0. The first-order valence-corrected chi connectivity index (χ1v) is 7.31. The summed E-state index contributed by atoms with van der Waals surface area (Å²) in [4.78, 5) is 14.9. The van der Waals surface area contributed by atoms with Gasteiger partial charge in [-0.3, -0.25) is 9.36 Å². The molecule has 2 heterocycles. The molecule has 2 aromatic rings. The second-order valence-electron chi connectivity index (χ2n) is 4.57. The molecule has 2 rings (SSSR count). The molecule has 8 heteroatoms. The van der Waals surface area contributed by atoms with Gasteiger partial charge in [0.2, 0.25) is 5.88 Å². The van der Waals surface area contributed by atoms with E-state index in [9.17, 15) is 4.79 Å². The zero-order chi connectivity index (χ0) is 15.4. The van der Waals surface area contributed by atoms with Crippen LogP contribution in [0.15, 0.2) is 23.5 Å². The van der Waals surface area contributed by atoms with Crippen molar-refractivity contribution in [2.75, 3.05) is 12.9 Å². The van der Waals surface area contributed by atoms with Gasteiger partial charge in [-0.1, -0.05) is 25.6 Å². The lowest BCUT2D eigenvalue weighted by Crippen LogP contribution is -2.06. The van der Waals surface area contributed by atoms with Crippen LogP contribution in [0.3, 0.4) is 0 Å². The van der Waals surface area contributed by atoms with Gasteiger partial charge in [0, 0.05) is 12.0 Å². The van der Waals surface area contributed by atoms with Crippen molar-refractivity contribution in [1.29, 1.82) is 0 Å². The molecule has 0 saturated heterocycles. The maximum absolute atomic E-state index is 10.7. The van der Waals surface area contributed by atoms with E-state index in [1.54, 1.807) is 19.4 Å². The Balaban J connectivity index is 2.41. The predicted octanol–water partition coefficient (Wildman–Crippen LogP) is 1.97. The Morgan fingerprint density at radius 2 is 2.19 bits per heavy atom. The quantitative estimate of drug-likeness (QED) is 0.816. The van der Waals surface area contributed by atoms with Gasteiger partial charge >= 0.3 is 5.97 Å². The molecule has 0 saturated carbocycles. The van der Waals surface area contributed by atoms with Crippen molar-refractivity contribution < 1.29 is 14.6 Å². The fraction of sp³-hybridized carbons (Fsp3) is 0.385. The van der Waals surface area contributed by atoms with Crippen LogP contribution in [0.4, 0.5) is 0 Å². The summed E-state index contributed by atoms with van der Waals surface area (Å²) in [7, 11) is 1.55. The molecule has 0 bridgehead atoms. The summed E-state index contributed by atoms with van der Waals surface area (Å²) in [5.41, 5.74) is 0.775. The molecule has 0 atom stereocenters. The van der Waals surface area contributed by atoms with Crippen molar-refractivity contribution >= 4 is 17.7 Å². The van der Waals surface area contributed by atoms with E-state index < -0.39 is 5.97 Å². The summed E-state index contributed by atoms with van der Waals surface area (Å²) in [6, 6.07) is 3.58. The fourth-order valence-corrected chi connectivity index (χ4v) is 2.42. The Kier molecular flexibility index (Phi) is 4.79. The number of methoxy groups -OCH3 is 1. The average molecular weight is 308 g/mol. The molecule has 0 radical (unpaired) electrons. The predicted molar refractivity (Wildman–Crippen MR) is 78.2 cm³/mol. The molecule has 112 valence electrons. The van der Waals surface area contributed by atoms with Gasteiger partial charge in [-0.25, -0.2) is 4.98 Å². The van der Waals surface area contributed by atoms with Crippen LogP contribution in [0.25, 0.3) is 5.69 Å². The Morgan fingerprint density at radius 1 is 1.43 bits per heavy atom. The van der Waals surface area contributed by atoms with E-state index in [2.05, 4.69) is 15.2 Å². The lowest BCUT2D eigenvalue weighted by molar-refractivity contribution is -0.133. The topological polar surface area (TPSA) is 90.1 Å². The van der Waals surface area contributed by atoms with Crippen molar-refractivity contribution in [3.05, 3.63) is 24.2 Å². The van der Waals surface area contributed by atoms with Gasteiger partial charge in [0.25, 0.3) is 0 Å². The number of ether oxygens (including phenoxy) is 1. The van der Waals surface area contributed by atoms with Gasteiger partial charge < -0.3 is 9.84 Å². The Morgan fingerprint density at radius 3 is 2.71 bits per heavy atom. The number of carboxylic acid groups (broad SMARTS) is 1. The zero-order valence-corrected chi connectivity index (χ0v) is 12.8. The summed E-state index contributed by atoms with van der Waals surface area (Å²) in [5.74, 6) is 0.458. The molecule has 7 nitrogen and oxygen atoms in total. The summed E-state index contributed by atoms with van der Waals surface area (Å²) >= 11 is 1.13. The van der Waals surface area contributed by atoms with Crippen LogP contribution in [0.2, 0.25) is 0 Å². The van der Waals surface area contributed by atoms with E-state index in [0.29, 0.717) is 11.0 Å². The van der Waals surface area contributed by atoms with Crippen LogP contribution in [-0.2, 0) is 4.79 Å². The SMILES string of the molecule is COc1ccc(-n2c(SCC(=O)O)nnc2C(C)C)cn1. The van der Waals surface area contributed by atoms with E-state index in [1.807, 2.05) is 24.5 Å². The number of hydrogen-bond acceptors (Lipinski definition) is 6. The van der Waals surface area contributed by atoms with Gasteiger partial charge in [0.05, 0.1) is 24.7 Å². The number of thioether (sulfide) groups is 1. The maximum atomic E-state index is 10.7. The van der Waals surface area contributed by atoms with Gasteiger partial charge in [0.1, 0.15) is 5.82 Å². The highest BCUT2D eigenvalue weighted by molar-refractivity contribution is 7.99. The monoisotopic (exact) mass is 308 g/mol. The lowest BCUT2D eigenvalue weighted by Gasteiger charge is -2.11. The minimum Gasteiger partial charge on any atom is -0.481 e. The molecule has 2 aromatic heterocycles. The second kappa shape index (κ2) is 6.57. The first-order chi connectivity index (χ1) is 10.0. The van der Waals surface area contributed by atoms with Crippen molar-refractivity contribution in [2.45, 2.75) is 24.9 Å². The summed E-state index contributed by atoms with van der Waals surface area (Å²) in [6.45, 7) is 4.01. The van der Waals surface area contributed by atoms with Crippen LogP contribution in [0.5, 0.6) is 5.88 Å². The molecule has 1 N–H and O–H groups in total. The Hall–Kier alpha value is -2.09. The highest BCUT2D eigenvalue weighted by Crippen LogP contribution is 2.25. The molecular weight excluding hydrogens is 292 g/mol. The first kappa shape index (κ1) is 15.3. The molecule has 0 unspecified atom stereocenters. The molecule has 0 amide bonds. The highest BCUT2D eigenvalue weighted by atomic mass is 32.2. The maximum Gasteiger partial charge on any atom is 0.313 e. The van der Waals surface area contributed by atoms with E-state index in [-0.39, 0.29) is 11.7 Å². The number of aromatic nitrogens is 4. The molecule has 0 aliphatic heterocycles. The average Bonchev–Trinajstić information content (AvgIpc) is 2.89. The summed E-state index contributed by atoms with van der Waals surface area (Å²) in [5, 5.41) is 17.6. The van der Waals surface area contributed by atoms with Crippen LogP contribution < -0.4 is 4.74 Å². The number of hydrogen-bond donors (Lipinski definition) is 1. The Bertz CT molecular complexity index is 625. The largest absolute Gasteiger partial charge is 0.481 e. The van der Waals surface area contributed by atoms with Crippen molar-refractivity contribution in [3.63, 3.8) is 0 Å². The number of carbonyl (C=O) groups is 1. The molecule has 0 aromatic carbocycles. The van der Waals surface area contributed by atoms with Gasteiger partial charge in [-0.05, 0) is 6.07 Å². The molecule has 0 spiro atoms. The van der Waals surface area contributed by atoms with Crippen molar-refractivity contribution in [1.82, 2.24) is 19.7 Å². The summed E-state index contributed by atoms with van der Waals surface area (Å²) in [6.07, 6.45) is 1.65. The minimum atomic E-state index is -0.895. The van der Waals surface area contributed by atoms with Crippen LogP contribution in [0, 0.1) is 0 Å². The van der Waals surface area contributed by atoms with Gasteiger partial charge in [-0.15, -0.1) is 10.2 Å². The van der Waals surface area contributed by atoms with E-state index >= 15 is 0 Å². The van der Waals surface area contributed by atoms with Crippen LogP contribution in [-0.4, -0.2) is 43.7 Å². The standard InChI is InChI=1S/C13H16N4O3S/c1-8(2)12-15-16-13(21-7-11(18)19)17(12)9-4-5-10(20-3)14-6-9/h4-6,8H,7H2,1-3H3,(H,18,19). The van der Waals surface area contributed by atoms with Gasteiger partial charge in [-0.2, -0.15) is 0 Å². The third kappa shape index (κ3) is 3.52. The molecule has 21 heavy (non-hydrogen) atoms. The number of rotatable bonds is 6. The third-order valence-electron chi connectivity index (χ3n) is 2.69. The normalized spacial score (nSPS) is 10.9. The van der Waals surface area contributed by atoms with Gasteiger partial charge in [0.15, 0.2) is 5.16 Å². The number of aliphatic carboxylic acids is 1.